The van der Waals surface area contributed by atoms with Gasteiger partial charge in [0.05, 0.1) is 12.7 Å². The standard InChI is InChI=1S/C9H8BrF3N2O2/c1-15(17-2)8(16)5-3-6(10)7(14-4-5)9(11,12)13/h3-4H,1-2H3. The normalized spacial score (nSPS) is 11.4. The summed E-state index contributed by atoms with van der Waals surface area (Å²) in [6.07, 6.45) is -3.71. The first-order valence-corrected chi connectivity index (χ1v) is 5.11. The van der Waals surface area contributed by atoms with E-state index < -0.39 is 17.8 Å². The number of hydrogen-bond donors (Lipinski definition) is 0. The van der Waals surface area contributed by atoms with Gasteiger partial charge >= 0.3 is 6.18 Å². The molecule has 0 atom stereocenters. The van der Waals surface area contributed by atoms with Crippen LogP contribution in [-0.4, -0.2) is 30.1 Å². The molecule has 1 heterocycles. The second-order valence-corrected chi connectivity index (χ2v) is 3.89. The van der Waals surface area contributed by atoms with E-state index in [-0.39, 0.29) is 10.0 Å². The zero-order chi connectivity index (χ0) is 13.2. The SMILES string of the molecule is CON(C)C(=O)c1cnc(C(F)(F)F)c(Br)c1. The van der Waals surface area contributed by atoms with Gasteiger partial charge in [0.2, 0.25) is 0 Å². The summed E-state index contributed by atoms with van der Waals surface area (Å²) in [4.78, 5) is 19.4. The van der Waals surface area contributed by atoms with Gasteiger partial charge in [0, 0.05) is 17.7 Å². The molecular formula is C9H8BrF3N2O2. The number of alkyl halides is 3. The van der Waals surface area contributed by atoms with Crippen LogP contribution in [-0.2, 0) is 11.0 Å². The van der Waals surface area contributed by atoms with Crippen LogP contribution in [0.15, 0.2) is 16.7 Å². The molecule has 1 rings (SSSR count). The van der Waals surface area contributed by atoms with E-state index in [0.29, 0.717) is 0 Å². The Hall–Kier alpha value is -1.15. The zero-order valence-electron chi connectivity index (χ0n) is 8.88. The Morgan fingerprint density at radius 3 is 2.53 bits per heavy atom. The highest BCUT2D eigenvalue weighted by Crippen LogP contribution is 2.33. The Morgan fingerprint density at radius 2 is 2.12 bits per heavy atom. The molecule has 0 aliphatic carbocycles. The Morgan fingerprint density at radius 1 is 1.53 bits per heavy atom. The number of aromatic nitrogens is 1. The molecule has 0 saturated heterocycles. The molecule has 1 aromatic rings. The van der Waals surface area contributed by atoms with Crippen LogP contribution in [0.5, 0.6) is 0 Å². The Balaban J connectivity index is 3.09. The maximum Gasteiger partial charge on any atom is 0.434 e. The highest BCUT2D eigenvalue weighted by molar-refractivity contribution is 9.10. The Bertz CT molecular complexity index is 437. The number of carbonyl (C=O) groups is 1. The molecule has 17 heavy (non-hydrogen) atoms. The lowest BCUT2D eigenvalue weighted by molar-refractivity contribution is -0.141. The van der Waals surface area contributed by atoms with Crippen LogP contribution < -0.4 is 0 Å². The molecule has 0 bridgehead atoms. The van der Waals surface area contributed by atoms with Crippen LogP contribution in [0.4, 0.5) is 13.2 Å². The number of halogens is 4. The van der Waals surface area contributed by atoms with Crippen LogP contribution >= 0.6 is 15.9 Å². The predicted molar refractivity (Wildman–Crippen MR) is 56.0 cm³/mol. The second-order valence-electron chi connectivity index (χ2n) is 3.04. The monoisotopic (exact) mass is 312 g/mol. The molecule has 94 valence electrons. The Kier molecular flexibility index (Phi) is 4.10. The van der Waals surface area contributed by atoms with Crippen molar-refractivity contribution in [1.29, 1.82) is 0 Å². The fourth-order valence-electron chi connectivity index (χ4n) is 1.03. The summed E-state index contributed by atoms with van der Waals surface area (Å²) in [5, 5.41) is 0.886. The quantitative estimate of drug-likeness (QED) is 0.788. The van der Waals surface area contributed by atoms with Gasteiger partial charge in [-0.1, -0.05) is 0 Å². The van der Waals surface area contributed by atoms with Crippen molar-refractivity contribution in [3.05, 3.63) is 28.0 Å². The maximum atomic E-state index is 12.4. The molecular weight excluding hydrogens is 305 g/mol. The maximum absolute atomic E-state index is 12.4. The van der Waals surface area contributed by atoms with Gasteiger partial charge in [-0.15, -0.1) is 0 Å². The van der Waals surface area contributed by atoms with Crippen molar-refractivity contribution in [3.63, 3.8) is 0 Å². The van der Waals surface area contributed by atoms with E-state index in [1.807, 2.05) is 0 Å². The molecule has 8 heteroatoms. The van der Waals surface area contributed by atoms with Crippen LogP contribution in [0.1, 0.15) is 16.1 Å². The van der Waals surface area contributed by atoms with E-state index in [4.69, 9.17) is 0 Å². The summed E-state index contributed by atoms with van der Waals surface area (Å²) >= 11 is 2.73. The fourth-order valence-corrected chi connectivity index (χ4v) is 1.60. The Labute approximate surface area is 103 Å². The van der Waals surface area contributed by atoms with Gasteiger partial charge in [0.15, 0.2) is 5.69 Å². The van der Waals surface area contributed by atoms with Crippen molar-refractivity contribution >= 4 is 21.8 Å². The molecule has 0 saturated carbocycles. The third kappa shape index (κ3) is 3.16. The van der Waals surface area contributed by atoms with E-state index in [0.717, 1.165) is 17.3 Å². The summed E-state index contributed by atoms with van der Waals surface area (Å²) in [5.41, 5.74) is -1.08. The van der Waals surface area contributed by atoms with Crippen molar-refractivity contribution in [3.8, 4) is 0 Å². The number of carbonyl (C=O) groups excluding carboxylic acids is 1. The second kappa shape index (κ2) is 5.01. The molecule has 0 fully saturated rings. The molecule has 1 amide bonds. The molecule has 0 unspecified atom stereocenters. The summed E-state index contributed by atoms with van der Waals surface area (Å²) < 4.78 is 36.9. The molecule has 0 aromatic carbocycles. The summed E-state index contributed by atoms with van der Waals surface area (Å²) in [6, 6.07) is 1.05. The average molecular weight is 313 g/mol. The molecule has 0 aliphatic heterocycles. The molecule has 0 radical (unpaired) electrons. The van der Waals surface area contributed by atoms with Gasteiger partial charge in [-0.3, -0.25) is 9.63 Å². The van der Waals surface area contributed by atoms with Gasteiger partial charge < -0.3 is 0 Å². The van der Waals surface area contributed by atoms with Gasteiger partial charge in [-0.05, 0) is 22.0 Å². The largest absolute Gasteiger partial charge is 0.434 e. The minimum absolute atomic E-state index is 0.00535. The fraction of sp³-hybridized carbons (Fsp3) is 0.333. The lowest BCUT2D eigenvalue weighted by atomic mass is 10.2. The van der Waals surface area contributed by atoms with Crippen LogP contribution in [0, 0.1) is 0 Å². The lowest BCUT2D eigenvalue weighted by Crippen LogP contribution is -2.25. The zero-order valence-corrected chi connectivity index (χ0v) is 10.5. The summed E-state index contributed by atoms with van der Waals surface area (Å²) in [7, 11) is 2.61. The minimum Gasteiger partial charge on any atom is -0.274 e. The van der Waals surface area contributed by atoms with E-state index in [9.17, 15) is 18.0 Å². The first kappa shape index (κ1) is 13.9. The third-order valence-electron chi connectivity index (χ3n) is 1.92. The number of hydrogen-bond acceptors (Lipinski definition) is 3. The lowest BCUT2D eigenvalue weighted by Gasteiger charge is -2.14. The number of rotatable bonds is 2. The van der Waals surface area contributed by atoms with Crippen molar-refractivity contribution in [1.82, 2.24) is 10.0 Å². The smallest absolute Gasteiger partial charge is 0.274 e. The number of pyridine rings is 1. The number of amides is 1. The van der Waals surface area contributed by atoms with Crippen LogP contribution in [0.3, 0.4) is 0 Å². The topological polar surface area (TPSA) is 42.4 Å². The third-order valence-corrected chi connectivity index (χ3v) is 2.52. The van der Waals surface area contributed by atoms with Gasteiger partial charge in [0.25, 0.3) is 5.91 Å². The predicted octanol–water partition coefficient (Wildman–Crippen LogP) is 2.50. The van der Waals surface area contributed by atoms with Gasteiger partial charge in [-0.25, -0.2) is 10.0 Å². The first-order chi connectivity index (χ1) is 7.77. The highest BCUT2D eigenvalue weighted by atomic mass is 79.9. The van der Waals surface area contributed by atoms with Crippen molar-refractivity contribution in [2.75, 3.05) is 14.2 Å². The number of nitrogens with zero attached hydrogens (tertiary/aromatic N) is 2. The minimum atomic E-state index is -4.56. The average Bonchev–Trinajstić information content (AvgIpc) is 2.25. The molecule has 0 aliphatic rings. The van der Waals surface area contributed by atoms with E-state index in [1.165, 1.54) is 14.2 Å². The first-order valence-electron chi connectivity index (χ1n) is 4.32. The van der Waals surface area contributed by atoms with E-state index >= 15 is 0 Å². The summed E-state index contributed by atoms with van der Waals surface area (Å²) in [5.74, 6) is -0.588. The van der Waals surface area contributed by atoms with Crippen molar-refractivity contribution < 1.29 is 22.8 Å². The molecule has 0 spiro atoms. The van der Waals surface area contributed by atoms with Crippen molar-refractivity contribution in [2.24, 2.45) is 0 Å². The van der Waals surface area contributed by atoms with Gasteiger partial charge in [-0.2, -0.15) is 13.2 Å². The summed E-state index contributed by atoms with van der Waals surface area (Å²) in [6.45, 7) is 0. The molecule has 1 aromatic heterocycles. The number of hydroxylamine groups is 2. The highest BCUT2D eigenvalue weighted by Gasteiger charge is 2.35. The van der Waals surface area contributed by atoms with Crippen LogP contribution in [0.2, 0.25) is 0 Å². The van der Waals surface area contributed by atoms with E-state index in [2.05, 4.69) is 25.8 Å². The van der Waals surface area contributed by atoms with Crippen LogP contribution in [0.25, 0.3) is 0 Å². The van der Waals surface area contributed by atoms with Crippen molar-refractivity contribution in [2.45, 2.75) is 6.18 Å². The molecule has 0 N–H and O–H groups in total. The van der Waals surface area contributed by atoms with E-state index in [1.54, 1.807) is 0 Å². The van der Waals surface area contributed by atoms with Gasteiger partial charge in [0.1, 0.15) is 0 Å². The molecule has 4 nitrogen and oxygen atoms in total.